The molecule has 1 N–H and O–H groups in total. The lowest BCUT2D eigenvalue weighted by Gasteiger charge is -2.32. The lowest BCUT2D eigenvalue weighted by Crippen LogP contribution is -2.40. The zero-order chi connectivity index (χ0) is 21.1. The number of amides is 1. The number of anilines is 1. The Hall–Kier alpha value is -1.81. The number of carbonyl (C=O) groups is 1. The number of nitrogens with one attached hydrogen (secondary N) is 1. The van der Waals surface area contributed by atoms with Gasteiger partial charge in [-0.05, 0) is 51.8 Å². The molecule has 1 rings (SSSR count). The van der Waals surface area contributed by atoms with Crippen LogP contribution in [-0.4, -0.2) is 39.2 Å². The van der Waals surface area contributed by atoms with Crippen LogP contribution in [-0.2, 0) is 24.5 Å². The van der Waals surface area contributed by atoms with Gasteiger partial charge in [0.15, 0.2) is 0 Å². The van der Waals surface area contributed by atoms with E-state index in [4.69, 9.17) is 4.74 Å². The average Bonchev–Trinajstić information content (AvgIpc) is 2.43. The highest BCUT2D eigenvalue weighted by atomic mass is 32.2. The molecule has 154 valence electrons. The molecule has 0 aliphatic carbocycles. The van der Waals surface area contributed by atoms with Crippen molar-refractivity contribution in [2.45, 2.75) is 51.3 Å². The van der Waals surface area contributed by atoms with E-state index in [-0.39, 0.29) is 11.3 Å². The number of alkyl halides is 3. The van der Waals surface area contributed by atoms with Crippen LogP contribution in [0.5, 0.6) is 0 Å². The third kappa shape index (κ3) is 7.37. The number of hydrogen-bond acceptors (Lipinski definition) is 5. The Bertz CT molecular complexity index is 754. The minimum Gasteiger partial charge on any atom is -0.444 e. The van der Waals surface area contributed by atoms with Gasteiger partial charge in [-0.1, -0.05) is 12.1 Å². The highest BCUT2D eigenvalue weighted by Gasteiger charge is 2.51. The van der Waals surface area contributed by atoms with Crippen molar-refractivity contribution in [2.24, 2.45) is 0 Å². The van der Waals surface area contributed by atoms with Crippen LogP contribution in [0, 0.1) is 0 Å². The molecule has 0 radical (unpaired) electrons. The number of halogens is 3. The van der Waals surface area contributed by atoms with Crippen molar-refractivity contribution in [3.05, 3.63) is 29.8 Å². The van der Waals surface area contributed by atoms with Crippen molar-refractivity contribution >= 4 is 21.9 Å². The van der Waals surface area contributed by atoms with E-state index in [9.17, 15) is 26.4 Å². The second kappa shape index (κ2) is 8.05. The molecule has 1 aromatic rings. The molecule has 0 heterocycles. The summed E-state index contributed by atoms with van der Waals surface area (Å²) in [6.45, 7) is 5.41. The third-order valence-electron chi connectivity index (χ3n) is 3.69. The zero-order valence-electron chi connectivity index (χ0n) is 15.8. The summed E-state index contributed by atoms with van der Waals surface area (Å²) in [6.07, 6.45) is -5.17. The molecule has 0 aromatic heterocycles. The highest BCUT2D eigenvalue weighted by Crippen LogP contribution is 2.43. The monoisotopic (exact) mass is 411 g/mol. The summed E-state index contributed by atoms with van der Waals surface area (Å²) in [5.41, 5.74) is -2.84. The highest BCUT2D eigenvalue weighted by molar-refractivity contribution is 7.85. The average molecular weight is 411 g/mol. The Balaban J connectivity index is 2.97. The molecule has 1 atom stereocenters. The first-order valence-electron chi connectivity index (χ1n) is 8.05. The molecule has 0 saturated carbocycles. The maximum absolute atomic E-state index is 13.6. The zero-order valence-corrected chi connectivity index (χ0v) is 16.6. The standard InChI is InChI=1S/C17H24F3NO5S/c1-15(2,3)26-14(22)21-13-8-6-12(7-9-13)16(4,17(18,19)20)10-11-25-27(5,23)24/h6-9H,10-11H2,1-5H3,(H,21,22). The van der Waals surface area contributed by atoms with Crippen LogP contribution in [0.1, 0.15) is 39.7 Å². The molecule has 0 spiro atoms. The van der Waals surface area contributed by atoms with Gasteiger partial charge in [-0.15, -0.1) is 0 Å². The minimum absolute atomic E-state index is 0.0816. The van der Waals surface area contributed by atoms with Crippen LogP contribution < -0.4 is 5.32 Å². The summed E-state index contributed by atoms with van der Waals surface area (Å²) in [7, 11) is -3.84. The van der Waals surface area contributed by atoms with Crippen molar-refractivity contribution in [3.63, 3.8) is 0 Å². The van der Waals surface area contributed by atoms with Crippen LogP contribution in [0.25, 0.3) is 0 Å². The Morgan fingerprint density at radius 3 is 2.00 bits per heavy atom. The molecule has 0 saturated heterocycles. The second-order valence-corrected chi connectivity index (χ2v) is 8.95. The molecule has 6 nitrogen and oxygen atoms in total. The Morgan fingerprint density at radius 2 is 1.59 bits per heavy atom. The molecular formula is C17H24F3NO5S. The third-order valence-corrected chi connectivity index (χ3v) is 4.29. The topological polar surface area (TPSA) is 81.7 Å². The van der Waals surface area contributed by atoms with E-state index >= 15 is 0 Å². The van der Waals surface area contributed by atoms with E-state index in [1.807, 2.05) is 0 Å². The van der Waals surface area contributed by atoms with Crippen LogP contribution in [0.2, 0.25) is 0 Å². The molecular weight excluding hydrogens is 387 g/mol. The van der Waals surface area contributed by atoms with E-state index in [0.29, 0.717) is 0 Å². The van der Waals surface area contributed by atoms with E-state index in [2.05, 4.69) is 9.50 Å². The Labute approximate surface area is 157 Å². The minimum atomic E-state index is -4.63. The number of hydrogen-bond donors (Lipinski definition) is 1. The number of benzene rings is 1. The first kappa shape index (κ1) is 23.2. The van der Waals surface area contributed by atoms with Gasteiger partial charge in [0.2, 0.25) is 0 Å². The van der Waals surface area contributed by atoms with Gasteiger partial charge >= 0.3 is 12.3 Å². The van der Waals surface area contributed by atoms with Crippen molar-refractivity contribution in [1.29, 1.82) is 0 Å². The van der Waals surface area contributed by atoms with Crippen LogP contribution in [0.4, 0.5) is 23.7 Å². The number of rotatable bonds is 6. The molecule has 27 heavy (non-hydrogen) atoms. The van der Waals surface area contributed by atoms with E-state index in [0.717, 1.165) is 13.2 Å². The lowest BCUT2D eigenvalue weighted by molar-refractivity contribution is -0.189. The fourth-order valence-corrected chi connectivity index (χ4v) is 2.58. The fraction of sp³-hybridized carbons (Fsp3) is 0.588. The summed E-state index contributed by atoms with van der Waals surface area (Å²) in [4.78, 5) is 11.7. The van der Waals surface area contributed by atoms with E-state index in [1.165, 1.54) is 24.3 Å². The Morgan fingerprint density at radius 1 is 1.07 bits per heavy atom. The van der Waals surface area contributed by atoms with Gasteiger partial charge < -0.3 is 4.74 Å². The number of ether oxygens (including phenoxy) is 1. The predicted octanol–water partition coefficient (Wildman–Crippen LogP) is 4.22. The van der Waals surface area contributed by atoms with Gasteiger partial charge in [-0.25, -0.2) is 4.79 Å². The van der Waals surface area contributed by atoms with Gasteiger partial charge in [-0.2, -0.15) is 21.6 Å². The van der Waals surface area contributed by atoms with Crippen LogP contribution >= 0.6 is 0 Å². The van der Waals surface area contributed by atoms with E-state index in [1.54, 1.807) is 20.8 Å². The predicted molar refractivity (Wildman–Crippen MR) is 95.1 cm³/mol. The fourth-order valence-electron chi connectivity index (χ4n) is 2.19. The van der Waals surface area contributed by atoms with Crippen LogP contribution in [0.15, 0.2) is 24.3 Å². The Kier molecular flexibility index (Phi) is 6.93. The van der Waals surface area contributed by atoms with Gasteiger partial charge in [-0.3, -0.25) is 9.50 Å². The van der Waals surface area contributed by atoms with E-state index < -0.39 is 46.4 Å². The largest absolute Gasteiger partial charge is 0.444 e. The number of carbonyl (C=O) groups excluding carboxylic acids is 1. The molecule has 0 bridgehead atoms. The summed E-state index contributed by atoms with van der Waals surface area (Å²) < 4.78 is 72.4. The molecule has 1 aromatic carbocycles. The quantitative estimate of drug-likeness (QED) is 0.709. The summed E-state index contributed by atoms with van der Waals surface area (Å²) in [5, 5.41) is 2.43. The smallest absolute Gasteiger partial charge is 0.412 e. The second-order valence-electron chi connectivity index (χ2n) is 7.31. The normalized spacial score (nSPS) is 15.1. The summed E-state index contributed by atoms with van der Waals surface area (Å²) >= 11 is 0. The van der Waals surface area contributed by atoms with Gasteiger partial charge in [0.25, 0.3) is 10.1 Å². The molecule has 0 fully saturated rings. The van der Waals surface area contributed by atoms with Crippen LogP contribution in [0.3, 0.4) is 0 Å². The molecule has 1 amide bonds. The summed E-state index contributed by atoms with van der Waals surface area (Å²) in [5.74, 6) is 0. The molecule has 10 heteroatoms. The maximum atomic E-state index is 13.6. The first-order valence-corrected chi connectivity index (χ1v) is 9.87. The van der Waals surface area contributed by atoms with Crippen molar-refractivity contribution < 1.29 is 35.3 Å². The first-order chi connectivity index (χ1) is 12.0. The summed E-state index contributed by atoms with van der Waals surface area (Å²) in [6, 6.07) is 5.09. The van der Waals surface area contributed by atoms with Gasteiger partial charge in [0, 0.05) is 5.69 Å². The SMILES string of the molecule is CC(C)(C)OC(=O)Nc1ccc(C(C)(CCOS(C)(=O)=O)C(F)(F)F)cc1. The van der Waals surface area contributed by atoms with Crippen molar-refractivity contribution in [2.75, 3.05) is 18.2 Å². The van der Waals surface area contributed by atoms with Crippen molar-refractivity contribution in [1.82, 2.24) is 0 Å². The molecule has 1 unspecified atom stereocenters. The van der Waals surface area contributed by atoms with Gasteiger partial charge in [0.05, 0.1) is 18.3 Å². The maximum Gasteiger partial charge on any atom is 0.412 e. The molecule has 0 aliphatic heterocycles. The molecule has 0 aliphatic rings. The van der Waals surface area contributed by atoms with Crippen molar-refractivity contribution in [3.8, 4) is 0 Å². The lowest BCUT2D eigenvalue weighted by atomic mass is 9.79. The van der Waals surface area contributed by atoms with Gasteiger partial charge in [0.1, 0.15) is 5.60 Å².